The molecule has 0 spiro atoms. The lowest BCUT2D eigenvalue weighted by molar-refractivity contribution is 0.0358. The molecule has 0 fully saturated rings. The normalized spacial score (nSPS) is 13.9. The Balaban J connectivity index is 0.942. The molecule has 8 nitrogen and oxygen atoms in total. The summed E-state index contributed by atoms with van der Waals surface area (Å²) in [7, 11) is 0. The zero-order valence-electron chi connectivity index (χ0n) is 20.4. The van der Waals surface area contributed by atoms with E-state index in [0.29, 0.717) is 37.5 Å². The molecule has 8 heteroatoms. The fourth-order valence-corrected chi connectivity index (χ4v) is 4.79. The highest BCUT2D eigenvalue weighted by Crippen LogP contribution is 2.44. The molecule has 37 heavy (non-hydrogen) atoms. The zero-order chi connectivity index (χ0) is 25.6. The van der Waals surface area contributed by atoms with Crippen LogP contribution >= 0.6 is 0 Å². The van der Waals surface area contributed by atoms with Crippen LogP contribution in [0, 0.1) is 0 Å². The van der Waals surface area contributed by atoms with Crippen molar-refractivity contribution in [3.63, 3.8) is 0 Å². The Morgan fingerprint density at radius 1 is 0.703 bits per heavy atom. The van der Waals surface area contributed by atoms with Crippen molar-refractivity contribution in [3.05, 3.63) is 95.1 Å². The van der Waals surface area contributed by atoms with E-state index < -0.39 is 6.09 Å². The lowest BCUT2D eigenvalue weighted by Crippen LogP contribution is -2.33. The van der Waals surface area contributed by atoms with Crippen molar-refractivity contribution in [2.24, 2.45) is 0 Å². The van der Waals surface area contributed by atoms with Crippen LogP contribution in [0.4, 0.5) is 4.79 Å². The number of imide groups is 1. The van der Waals surface area contributed by atoms with Gasteiger partial charge in [-0.3, -0.25) is 14.5 Å². The third-order valence-corrected chi connectivity index (χ3v) is 6.57. The minimum atomic E-state index is -0.484. The first-order valence-corrected chi connectivity index (χ1v) is 12.3. The van der Waals surface area contributed by atoms with E-state index in [1.807, 2.05) is 24.3 Å². The number of benzene rings is 3. The molecule has 0 unspecified atom stereocenters. The van der Waals surface area contributed by atoms with Crippen LogP contribution in [0.2, 0.25) is 0 Å². The Hall–Kier alpha value is -4.01. The summed E-state index contributed by atoms with van der Waals surface area (Å²) in [4.78, 5) is 38.0. The molecule has 0 atom stereocenters. The number of carbonyl (C=O) groups is 3. The SMILES string of the molecule is O=C(NCCOCCOCCN1C(=O)c2ccccc2C1=O)OCC1c2ccccc2-c2ccccc21. The predicted molar refractivity (Wildman–Crippen MR) is 137 cm³/mol. The molecule has 1 aliphatic carbocycles. The number of hydrogen-bond donors (Lipinski definition) is 1. The number of amides is 3. The van der Waals surface area contributed by atoms with Gasteiger partial charge < -0.3 is 19.5 Å². The van der Waals surface area contributed by atoms with Gasteiger partial charge in [0.15, 0.2) is 0 Å². The zero-order valence-corrected chi connectivity index (χ0v) is 20.4. The van der Waals surface area contributed by atoms with Gasteiger partial charge >= 0.3 is 6.09 Å². The van der Waals surface area contributed by atoms with Gasteiger partial charge in [-0.1, -0.05) is 60.7 Å². The Labute approximate surface area is 215 Å². The number of hydrogen-bond acceptors (Lipinski definition) is 6. The van der Waals surface area contributed by atoms with Crippen LogP contribution in [0.3, 0.4) is 0 Å². The van der Waals surface area contributed by atoms with Crippen molar-refractivity contribution in [3.8, 4) is 11.1 Å². The first-order chi connectivity index (χ1) is 18.1. The minimum Gasteiger partial charge on any atom is -0.449 e. The number of rotatable bonds is 11. The van der Waals surface area contributed by atoms with Gasteiger partial charge in [0.05, 0.1) is 44.1 Å². The summed E-state index contributed by atoms with van der Waals surface area (Å²) in [5.41, 5.74) is 5.57. The largest absolute Gasteiger partial charge is 0.449 e. The molecule has 3 aromatic rings. The molecular formula is C29H28N2O6. The van der Waals surface area contributed by atoms with Gasteiger partial charge in [0.2, 0.25) is 0 Å². The van der Waals surface area contributed by atoms with Gasteiger partial charge in [-0.2, -0.15) is 0 Å². The van der Waals surface area contributed by atoms with Crippen molar-refractivity contribution in [1.82, 2.24) is 10.2 Å². The average Bonchev–Trinajstić information content (AvgIpc) is 3.38. The molecule has 190 valence electrons. The van der Waals surface area contributed by atoms with Gasteiger partial charge in [-0.05, 0) is 34.4 Å². The minimum absolute atomic E-state index is 0.0202. The maximum absolute atomic E-state index is 12.3. The summed E-state index contributed by atoms with van der Waals surface area (Å²) in [6, 6.07) is 23.2. The van der Waals surface area contributed by atoms with Crippen LogP contribution in [-0.2, 0) is 14.2 Å². The molecule has 0 aromatic heterocycles. The Morgan fingerprint density at radius 2 is 1.22 bits per heavy atom. The van der Waals surface area contributed by atoms with E-state index in [4.69, 9.17) is 14.2 Å². The van der Waals surface area contributed by atoms with Crippen molar-refractivity contribution in [2.75, 3.05) is 46.1 Å². The second-order valence-electron chi connectivity index (χ2n) is 8.78. The second kappa shape index (κ2) is 11.4. The van der Waals surface area contributed by atoms with Crippen LogP contribution in [0.1, 0.15) is 37.8 Å². The van der Waals surface area contributed by atoms with Gasteiger partial charge in [-0.15, -0.1) is 0 Å². The number of nitrogens with zero attached hydrogens (tertiary/aromatic N) is 1. The van der Waals surface area contributed by atoms with Crippen molar-refractivity contribution < 1.29 is 28.6 Å². The van der Waals surface area contributed by atoms with Crippen LogP contribution in [0.15, 0.2) is 72.8 Å². The van der Waals surface area contributed by atoms with Crippen LogP contribution in [0.25, 0.3) is 11.1 Å². The summed E-state index contributed by atoms with van der Waals surface area (Å²) in [6.07, 6.45) is -0.484. The van der Waals surface area contributed by atoms with Crippen molar-refractivity contribution >= 4 is 17.9 Å². The van der Waals surface area contributed by atoms with E-state index in [9.17, 15) is 14.4 Å². The molecule has 3 amide bonds. The fraction of sp³-hybridized carbons (Fsp3) is 0.276. The van der Waals surface area contributed by atoms with Crippen LogP contribution < -0.4 is 5.32 Å². The third-order valence-electron chi connectivity index (χ3n) is 6.57. The fourth-order valence-electron chi connectivity index (χ4n) is 4.79. The third kappa shape index (κ3) is 5.26. The highest BCUT2D eigenvalue weighted by Gasteiger charge is 2.34. The summed E-state index contributed by atoms with van der Waals surface area (Å²) < 4.78 is 16.5. The molecule has 1 N–H and O–H groups in total. The van der Waals surface area contributed by atoms with Crippen molar-refractivity contribution in [1.29, 1.82) is 0 Å². The van der Waals surface area contributed by atoms with Gasteiger partial charge in [0.1, 0.15) is 6.61 Å². The predicted octanol–water partition coefficient (Wildman–Crippen LogP) is 3.85. The first-order valence-electron chi connectivity index (χ1n) is 12.3. The quantitative estimate of drug-likeness (QED) is 0.318. The number of ether oxygens (including phenoxy) is 3. The smallest absolute Gasteiger partial charge is 0.407 e. The Morgan fingerprint density at radius 3 is 1.81 bits per heavy atom. The van der Waals surface area contributed by atoms with Gasteiger partial charge in [0, 0.05) is 12.5 Å². The molecule has 1 aliphatic heterocycles. The maximum Gasteiger partial charge on any atom is 0.407 e. The standard InChI is InChI=1S/C29H28N2O6/c32-27-24-11-5-6-12-25(24)28(33)31(27)14-16-36-18-17-35-15-13-30-29(34)37-19-26-22-9-3-1-7-20(22)21-8-2-4-10-23(21)26/h1-12,26H,13-19H2,(H,30,34). The first kappa shape index (κ1) is 24.7. The molecule has 1 heterocycles. The molecule has 5 rings (SSSR count). The summed E-state index contributed by atoms with van der Waals surface area (Å²) in [6.45, 7) is 1.95. The lowest BCUT2D eigenvalue weighted by atomic mass is 9.98. The van der Waals surface area contributed by atoms with E-state index in [1.54, 1.807) is 24.3 Å². The van der Waals surface area contributed by atoms with Crippen molar-refractivity contribution in [2.45, 2.75) is 5.92 Å². The lowest BCUT2D eigenvalue weighted by Gasteiger charge is -2.15. The number of fused-ring (bicyclic) bond motifs is 4. The molecule has 0 saturated heterocycles. The monoisotopic (exact) mass is 500 g/mol. The summed E-state index contributed by atoms with van der Waals surface area (Å²) in [5, 5.41) is 2.70. The van der Waals surface area contributed by atoms with E-state index in [-0.39, 0.29) is 37.5 Å². The van der Waals surface area contributed by atoms with Crippen LogP contribution in [-0.4, -0.2) is 68.9 Å². The van der Waals surface area contributed by atoms with E-state index in [1.165, 1.54) is 27.2 Å². The molecule has 0 bridgehead atoms. The molecular weight excluding hydrogens is 472 g/mol. The highest BCUT2D eigenvalue weighted by molar-refractivity contribution is 6.21. The molecule has 2 aliphatic rings. The Bertz CT molecular complexity index is 1230. The molecule has 0 saturated carbocycles. The van der Waals surface area contributed by atoms with E-state index >= 15 is 0 Å². The second-order valence-corrected chi connectivity index (χ2v) is 8.78. The van der Waals surface area contributed by atoms with E-state index in [2.05, 4.69) is 29.6 Å². The molecule has 3 aromatic carbocycles. The number of carbonyl (C=O) groups excluding carboxylic acids is 3. The topological polar surface area (TPSA) is 94.2 Å². The molecule has 0 radical (unpaired) electrons. The van der Waals surface area contributed by atoms with Gasteiger partial charge in [-0.25, -0.2) is 4.79 Å². The average molecular weight is 501 g/mol. The number of alkyl carbamates (subject to hydrolysis) is 1. The summed E-state index contributed by atoms with van der Waals surface area (Å²) in [5.74, 6) is -0.564. The highest BCUT2D eigenvalue weighted by atomic mass is 16.6. The Kier molecular flexibility index (Phi) is 7.58. The van der Waals surface area contributed by atoms with E-state index in [0.717, 1.165) is 0 Å². The van der Waals surface area contributed by atoms with Crippen LogP contribution in [0.5, 0.6) is 0 Å². The number of nitrogens with one attached hydrogen (secondary N) is 1. The summed E-state index contributed by atoms with van der Waals surface area (Å²) >= 11 is 0. The maximum atomic E-state index is 12.3. The van der Waals surface area contributed by atoms with Gasteiger partial charge in [0.25, 0.3) is 11.8 Å².